The van der Waals surface area contributed by atoms with E-state index in [2.05, 4.69) is 31.5 Å². The normalized spacial score (nSPS) is 17.5. The fraction of sp³-hybridized carbons (Fsp3) is 0.258. The van der Waals surface area contributed by atoms with E-state index in [1.54, 1.807) is 61.9 Å². The number of furan rings is 1. The monoisotopic (exact) mass is 616 g/mol. The molecule has 210 valence electrons. The van der Waals surface area contributed by atoms with Crippen molar-refractivity contribution in [3.8, 4) is 5.75 Å². The van der Waals surface area contributed by atoms with E-state index in [1.807, 2.05) is 22.8 Å². The summed E-state index contributed by atoms with van der Waals surface area (Å²) >= 11 is 3.47. The highest BCUT2D eigenvalue weighted by Crippen LogP contribution is 2.39. The third-order valence-electron chi connectivity index (χ3n) is 7.75. The SMILES string of the molecule is COc1ccc(Br)c(C(=O)Nc2cc(C(=O)NCc3ccco3)ccc2N2CC3CC(C2)c2cccc(=O)n2C3)c1. The lowest BCUT2D eigenvalue weighted by Gasteiger charge is -2.44. The lowest BCUT2D eigenvalue weighted by molar-refractivity contribution is 0.0946. The Kier molecular flexibility index (Phi) is 7.40. The zero-order valence-electron chi connectivity index (χ0n) is 22.4. The number of piperidine rings is 1. The van der Waals surface area contributed by atoms with Crippen molar-refractivity contribution < 1.29 is 18.7 Å². The van der Waals surface area contributed by atoms with E-state index in [9.17, 15) is 14.4 Å². The second-order valence-corrected chi connectivity index (χ2v) is 11.3. The number of amides is 2. The average molecular weight is 618 g/mol. The van der Waals surface area contributed by atoms with Gasteiger partial charge in [0.15, 0.2) is 0 Å². The zero-order chi connectivity index (χ0) is 28.5. The van der Waals surface area contributed by atoms with Gasteiger partial charge in [0, 0.05) is 47.3 Å². The maximum absolute atomic E-state index is 13.5. The summed E-state index contributed by atoms with van der Waals surface area (Å²) in [5, 5.41) is 5.93. The number of methoxy groups -OCH3 is 1. The highest BCUT2D eigenvalue weighted by atomic mass is 79.9. The molecule has 9 nitrogen and oxygen atoms in total. The molecule has 6 rings (SSSR count). The molecule has 2 aromatic heterocycles. The van der Waals surface area contributed by atoms with Crippen LogP contribution >= 0.6 is 15.9 Å². The summed E-state index contributed by atoms with van der Waals surface area (Å²) < 4.78 is 13.2. The number of nitrogens with one attached hydrogen (secondary N) is 2. The summed E-state index contributed by atoms with van der Waals surface area (Å²) in [6.45, 7) is 2.33. The molecule has 1 saturated heterocycles. The smallest absolute Gasteiger partial charge is 0.257 e. The first-order valence-electron chi connectivity index (χ1n) is 13.4. The van der Waals surface area contributed by atoms with E-state index in [-0.39, 0.29) is 35.8 Å². The molecule has 10 heteroatoms. The number of ether oxygens (including phenoxy) is 1. The van der Waals surface area contributed by atoms with Gasteiger partial charge in [-0.15, -0.1) is 0 Å². The van der Waals surface area contributed by atoms with Crippen molar-refractivity contribution >= 4 is 39.1 Å². The molecule has 2 atom stereocenters. The molecular formula is C31H29BrN4O5. The maximum Gasteiger partial charge on any atom is 0.257 e. The largest absolute Gasteiger partial charge is 0.497 e. The fourth-order valence-electron chi connectivity index (χ4n) is 5.82. The van der Waals surface area contributed by atoms with Gasteiger partial charge in [0.25, 0.3) is 17.4 Å². The zero-order valence-corrected chi connectivity index (χ0v) is 24.0. The Morgan fingerprint density at radius 2 is 1.90 bits per heavy atom. The summed E-state index contributed by atoms with van der Waals surface area (Å²) in [5.41, 5.74) is 3.24. The van der Waals surface area contributed by atoms with E-state index in [1.165, 1.54) is 0 Å². The third kappa shape index (κ3) is 5.52. The first-order chi connectivity index (χ1) is 19.9. The number of carbonyl (C=O) groups is 2. The van der Waals surface area contributed by atoms with Crippen LogP contribution in [0.3, 0.4) is 0 Å². The van der Waals surface area contributed by atoms with Crippen LogP contribution in [0.5, 0.6) is 5.75 Å². The lowest BCUT2D eigenvalue weighted by Crippen LogP contribution is -2.47. The molecule has 2 aromatic carbocycles. The Hall–Kier alpha value is -4.31. The van der Waals surface area contributed by atoms with Crippen LogP contribution in [0.25, 0.3) is 0 Å². The van der Waals surface area contributed by atoms with E-state index < -0.39 is 0 Å². The molecule has 2 aliphatic heterocycles. The van der Waals surface area contributed by atoms with Gasteiger partial charge < -0.3 is 29.3 Å². The van der Waals surface area contributed by atoms with Crippen molar-refractivity contribution in [1.82, 2.24) is 9.88 Å². The second kappa shape index (κ2) is 11.3. The van der Waals surface area contributed by atoms with Crippen LogP contribution in [0.2, 0.25) is 0 Å². The predicted molar refractivity (Wildman–Crippen MR) is 159 cm³/mol. The molecule has 2 bridgehead atoms. The first-order valence-corrected chi connectivity index (χ1v) is 14.2. The summed E-state index contributed by atoms with van der Waals surface area (Å²) in [6.07, 6.45) is 2.56. The van der Waals surface area contributed by atoms with Crippen LogP contribution in [0, 0.1) is 5.92 Å². The van der Waals surface area contributed by atoms with Crippen molar-refractivity contribution in [2.24, 2.45) is 5.92 Å². The Labute approximate surface area is 245 Å². The number of anilines is 2. The Balaban J connectivity index is 1.32. The van der Waals surface area contributed by atoms with Gasteiger partial charge in [0.1, 0.15) is 11.5 Å². The van der Waals surface area contributed by atoms with Crippen LogP contribution in [0.4, 0.5) is 11.4 Å². The van der Waals surface area contributed by atoms with Crippen LogP contribution in [0.15, 0.2) is 86.7 Å². The summed E-state index contributed by atoms with van der Waals surface area (Å²) in [6, 6.07) is 19.6. The Morgan fingerprint density at radius 1 is 1.02 bits per heavy atom. The predicted octanol–water partition coefficient (Wildman–Crippen LogP) is 5.02. The number of benzene rings is 2. The van der Waals surface area contributed by atoms with Crippen molar-refractivity contribution in [2.45, 2.75) is 25.4 Å². The van der Waals surface area contributed by atoms with Gasteiger partial charge in [0.05, 0.1) is 36.9 Å². The number of fused-ring (bicyclic) bond motifs is 4. The van der Waals surface area contributed by atoms with Crippen LogP contribution < -0.4 is 25.8 Å². The minimum atomic E-state index is -0.334. The minimum Gasteiger partial charge on any atom is -0.497 e. The van der Waals surface area contributed by atoms with Gasteiger partial charge in [-0.2, -0.15) is 0 Å². The van der Waals surface area contributed by atoms with Gasteiger partial charge in [-0.1, -0.05) is 6.07 Å². The lowest BCUT2D eigenvalue weighted by atomic mass is 9.83. The van der Waals surface area contributed by atoms with E-state index >= 15 is 0 Å². The van der Waals surface area contributed by atoms with E-state index in [4.69, 9.17) is 9.15 Å². The second-order valence-electron chi connectivity index (χ2n) is 10.4. The Bertz CT molecular complexity index is 1670. The summed E-state index contributed by atoms with van der Waals surface area (Å²) in [4.78, 5) is 41.4. The van der Waals surface area contributed by atoms with Gasteiger partial charge in [0.2, 0.25) is 0 Å². The van der Waals surface area contributed by atoms with Crippen LogP contribution in [-0.2, 0) is 13.1 Å². The number of halogens is 1. The standard InChI is InChI=1S/C31H29BrN4O5/c1-40-22-8-9-25(32)24(14-22)31(39)34-26-13-20(30(38)33-15-23-4-3-11-41-23)7-10-28(26)35-16-19-12-21(18-35)27-5-2-6-29(37)36(27)17-19/h2-11,13-14,19,21H,12,15-18H2,1H3,(H,33,38)(H,34,39). The molecule has 2 N–H and O–H groups in total. The number of hydrogen-bond acceptors (Lipinski definition) is 6. The van der Waals surface area contributed by atoms with Crippen molar-refractivity contribution in [3.63, 3.8) is 0 Å². The minimum absolute atomic E-state index is 0.0346. The quantitative estimate of drug-likeness (QED) is 0.302. The number of rotatable bonds is 7. The van der Waals surface area contributed by atoms with E-state index in [0.29, 0.717) is 45.9 Å². The number of carbonyl (C=O) groups excluding carboxylic acids is 2. The molecule has 4 heterocycles. The molecule has 0 aliphatic carbocycles. The number of hydrogen-bond donors (Lipinski definition) is 2. The van der Waals surface area contributed by atoms with Crippen molar-refractivity contribution in [3.05, 3.63) is 110 Å². The molecule has 0 radical (unpaired) electrons. The van der Waals surface area contributed by atoms with Crippen LogP contribution in [-0.4, -0.2) is 36.6 Å². The van der Waals surface area contributed by atoms with Gasteiger partial charge in [-0.25, -0.2) is 0 Å². The molecule has 0 saturated carbocycles. The van der Waals surface area contributed by atoms with Crippen molar-refractivity contribution in [2.75, 3.05) is 30.4 Å². The summed E-state index contributed by atoms with van der Waals surface area (Å²) in [5.74, 6) is 1.06. The first kappa shape index (κ1) is 26.9. The summed E-state index contributed by atoms with van der Waals surface area (Å²) in [7, 11) is 1.55. The van der Waals surface area contributed by atoms with Gasteiger partial charge >= 0.3 is 0 Å². The molecular weight excluding hydrogens is 588 g/mol. The number of nitrogens with zero attached hydrogens (tertiary/aromatic N) is 2. The number of aromatic nitrogens is 1. The average Bonchev–Trinajstić information content (AvgIpc) is 3.50. The molecule has 4 aromatic rings. The van der Waals surface area contributed by atoms with Gasteiger partial charge in [-0.3, -0.25) is 14.4 Å². The van der Waals surface area contributed by atoms with Crippen LogP contribution in [0.1, 0.15) is 44.5 Å². The molecule has 2 unspecified atom stereocenters. The van der Waals surface area contributed by atoms with Gasteiger partial charge in [-0.05, 0) is 82.9 Å². The molecule has 2 amide bonds. The highest BCUT2D eigenvalue weighted by molar-refractivity contribution is 9.10. The maximum atomic E-state index is 13.5. The third-order valence-corrected chi connectivity index (χ3v) is 8.44. The van der Waals surface area contributed by atoms with Crippen molar-refractivity contribution in [1.29, 1.82) is 0 Å². The Morgan fingerprint density at radius 3 is 2.71 bits per heavy atom. The number of pyridine rings is 1. The molecule has 41 heavy (non-hydrogen) atoms. The molecule has 1 fully saturated rings. The topological polar surface area (TPSA) is 106 Å². The highest BCUT2D eigenvalue weighted by Gasteiger charge is 2.35. The molecule has 0 spiro atoms. The fourth-order valence-corrected chi connectivity index (χ4v) is 6.25. The van der Waals surface area contributed by atoms with E-state index in [0.717, 1.165) is 24.3 Å². The molecule has 2 aliphatic rings.